The molecule has 1 aliphatic rings. The van der Waals surface area contributed by atoms with Crippen molar-refractivity contribution < 1.29 is 14.3 Å². The minimum Gasteiger partial charge on any atom is -0.493 e. The van der Waals surface area contributed by atoms with Gasteiger partial charge in [0.1, 0.15) is 5.75 Å². The topological polar surface area (TPSA) is 62.8 Å². The molecule has 0 spiro atoms. The summed E-state index contributed by atoms with van der Waals surface area (Å²) >= 11 is 0. The van der Waals surface area contributed by atoms with Crippen LogP contribution in [0.15, 0.2) is 78.9 Å². The van der Waals surface area contributed by atoms with Crippen LogP contribution in [0.5, 0.6) is 17.2 Å². The number of anilines is 1. The van der Waals surface area contributed by atoms with Crippen LogP contribution in [0.1, 0.15) is 18.4 Å². The van der Waals surface area contributed by atoms with Crippen LogP contribution in [0.25, 0.3) is 0 Å². The van der Waals surface area contributed by atoms with Crippen LogP contribution in [0.2, 0.25) is 0 Å². The minimum absolute atomic E-state index is 0.176. The Balaban J connectivity index is 1.22. The molecule has 0 aliphatic carbocycles. The van der Waals surface area contributed by atoms with Gasteiger partial charge in [-0.15, -0.1) is 0 Å². The van der Waals surface area contributed by atoms with Crippen molar-refractivity contribution in [3.05, 3.63) is 84.4 Å². The molecule has 166 valence electrons. The normalized spacial score (nSPS) is 14.5. The maximum absolute atomic E-state index is 12.4. The summed E-state index contributed by atoms with van der Waals surface area (Å²) in [6.45, 7) is 2.92. The van der Waals surface area contributed by atoms with E-state index < -0.39 is 0 Å². The lowest BCUT2D eigenvalue weighted by molar-refractivity contribution is 0.190. The average Bonchev–Trinajstić information content (AvgIpc) is 2.83. The largest absolute Gasteiger partial charge is 0.493 e. The molecule has 1 fully saturated rings. The lowest BCUT2D eigenvalue weighted by Crippen LogP contribution is -2.45. The van der Waals surface area contributed by atoms with Crippen molar-refractivity contribution in [2.24, 2.45) is 0 Å². The molecule has 0 bridgehead atoms. The molecular formula is C26H29N3O3. The van der Waals surface area contributed by atoms with Gasteiger partial charge in [-0.05, 0) is 54.8 Å². The van der Waals surface area contributed by atoms with Gasteiger partial charge in [-0.25, -0.2) is 4.79 Å². The molecule has 0 aromatic heterocycles. The summed E-state index contributed by atoms with van der Waals surface area (Å²) in [5.74, 6) is 1.99. The number of piperidine rings is 1. The molecule has 6 heteroatoms. The Hall–Kier alpha value is -3.51. The number of carbonyl (C=O) groups excluding carboxylic acids is 1. The number of methoxy groups -OCH3 is 1. The van der Waals surface area contributed by atoms with E-state index in [-0.39, 0.29) is 12.1 Å². The van der Waals surface area contributed by atoms with Crippen molar-refractivity contribution in [1.82, 2.24) is 10.2 Å². The van der Waals surface area contributed by atoms with Gasteiger partial charge >= 0.3 is 6.03 Å². The number of nitrogens with one attached hydrogen (secondary N) is 2. The van der Waals surface area contributed by atoms with Gasteiger partial charge in [-0.1, -0.05) is 42.5 Å². The summed E-state index contributed by atoms with van der Waals surface area (Å²) in [7, 11) is 1.61. The summed E-state index contributed by atoms with van der Waals surface area (Å²) < 4.78 is 11.2. The number of nitrogens with zero attached hydrogens (tertiary/aromatic N) is 1. The molecule has 2 N–H and O–H groups in total. The van der Waals surface area contributed by atoms with E-state index >= 15 is 0 Å². The smallest absolute Gasteiger partial charge is 0.319 e. The highest BCUT2D eigenvalue weighted by Gasteiger charge is 2.20. The van der Waals surface area contributed by atoms with Crippen LogP contribution in [0.3, 0.4) is 0 Å². The Labute approximate surface area is 189 Å². The van der Waals surface area contributed by atoms with E-state index in [1.54, 1.807) is 7.11 Å². The summed E-state index contributed by atoms with van der Waals surface area (Å²) in [6, 6.07) is 25.3. The summed E-state index contributed by atoms with van der Waals surface area (Å²) in [4.78, 5) is 14.9. The predicted octanol–water partition coefficient (Wildman–Crippen LogP) is 5.27. The number of likely N-dealkylation sites (tertiary alicyclic amines) is 1. The van der Waals surface area contributed by atoms with Crippen molar-refractivity contribution in [1.29, 1.82) is 0 Å². The molecule has 0 atom stereocenters. The quantitative estimate of drug-likeness (QED) is 0.535. The first-order chi connectivity index (χ1) is 15.7. The molecule has 0 radical (unpaired) electrons. The van der Waals surface area contributed by atoms with Gasteiger partial charge in [0.05, 0.1) is 7.11 Å². The monoisotopic (exact) mass is 431 g/mol. The summed E-state index contributed by atoms with van der Waals surface area (Å²) in [5.41, 5.74) is 2.05. The number of carbonyl (C=O) groups is 1. The van der Waals surface area contributed by atoms with Gasteiger partial charge in [0.25, 0.3) is 0 Å². The van der Waals surface area contributed by atoms with Crippen LogP contribution in [-0.2, 0) is 6.54 Å². The molecule has 32 heavy (non-hydrogen) atoms. The first-order valence-electron chi connectivity index (χ1n) is 10.9. The number of ether oxygens (including phenoxy) is 2. The number of hydrogen-bond acceptors (Lipinski definition) is 4. The minimum atomic E-state index is -0.176. The zero-order valence-electron chi connectivity index (χ0n) is 18.3. The zero-order valence-corrected chi connectivity index (χ0v) is 18.3. The van der Waals surface area contributed by atoms with Crippen LogP contribution < -0.4 is 20.1 Å². The highest BCUT2D eigenvalue weighted by atomic mass is 16.5. The molecule has 1 aliphatic heterocycles. The van der Waals surface area contributed by atoms with Gasteiger partial charge in [0.15, 0.2) is 11.5 Å². The lowest BCUT2D eigenvalue weighted by Gasteiger charge is -2.32. The second-order valence-electron chi connectivity index (χ2n) is 7.91. The third-order valence-corrected chi connectivity index (χ3v) is 5.58. The summed E-state index contributed by atoms with van der Waals surface area (Å²) in [6.07, 6.45) is 1.90. The third kappa shape index (κ3) is 6.02. The molecule has 6 nitrogen and oxygen atoms in total. The molecule has 0 unspecified atom stereocenters. The first-order valence-corrected chi connectivity index (χ1v) is 10.9. The maximum Gasteiger partial charge on any atom is 0.319 e. The Morgan fingerprint density at radius 1 is 0.906 bits per heavy atom. The molecule has 2 amide bonds. The highest BCUT2D eigenvalue weighted by Crippen LogP contribution is 2.31. The van der Waals surface area contributed by atoms with Crippen molar-refractivity contribution in [2.75, 3.05) is 25.5 Å². The van der Waals surface area contributed by atoms with Crippen LogP contribution in [0.4, 0.5) is 10.5 Å². The fraction of sp³-hybridized carbons (Fsp3) is 0.269. The third-order valence-electron chi connectivity index (χ3n) is 5.58. The van der Waals surface area contributed by atoms with Gasteiger partial charge in [-0.2, -0.15) is 0 Å². The van der Waals surface area contributed by atoms with E-state index in [0.29, 0.717) is 17.2 Å². The van der Waals surface area contributed by atoms with Gasteiger partial charge in [-0.3, -0.25) is 4.90 Å². The van der Waals surface area contributed by atoms with E-state index in [0.717, 1.165) is 38.2 Å². The van der Waals surface area contributed by atoms with Crippen LogP contribution in [-0.4, -0.2) is 37.2 Å². The second-order valence-corrected chi connectivity index (χ2v) is 7.91. The Morgan fingerprint density at radius 2 is 1.56 bits per heavy atom. The molecule has 1 saturated heterocycles. The lowest BCUT2D eigenvalue weighted by atomic mass is 10.0. The fourth-order valence-corrected chi connectivity index (χ4v) is 3.87. The summed E-state index contributed by atoms with van der Waals surface area (Å²) in [5, 5.41) is 6.01. The van der Waals surface area contributed by atoms with E-state index in [1.807, 2.05) is 54.6 Å². The Kier molecular flexibility index (Phi) is 7.25. The standard InChI is InChI=1S/C26H29N3O3/c1-31-24-9-5-6-10-25(24)32-23-13-11-21(12-14-23)27-26(30)28-22-15-17-29(18-16-22)19-20-7-3-2-4-8-20/h2-14,22H,15-19H2,1H3,(H2,27,28,30). The number of hydrogen-bond donors (Lipinski definition) is 2. The van der Waals surface area contributed by atoms with E-state index in [2.05, 4.69) is 39.8 Å². The number of amides is 2. The Bertz CT molecular complexity index is 1000. The van der Waals surface area contributed by atoms with Crippen molar-refractivity contribution in [2.45, 2.75) is 25.4 Å². The highest BCUT2D eigenvalue weighted by molar-refractivity contribution is 5.89. The molecule has 0 saturated carbocycles. The number of para-hydroxylation sites is 2. The average molecular weight is 432 g/mol. The van der Waals surface area contributed by atoms with Crippen molar-refractivity contribution in [3.63, 3.8) is 0 Å². The molecule has 3 aromatic rings. The molecule has 1 heterocycles. The van der Waals surface area contributed by atoms with E-state index in [9.17, 15) is 4.79 Å². The molecule has 3 aromatic carbocycles. The SMILES string of the molecule is COc1ccccc1Oc1ccc(NC(=O)NC2CCN(Cc3ccccc3)CC2)cc1. The Morgan fingerprint density at radius 3 is 2.25 bits per heavy atom. The number of urea groups is 1. The van der Waals surface area contributed by atoms with Gasteiger partial charge in [0, 0.05) is 31.4 Å². The molecular weight excluding hydrogens is 402 g/mol. The number of rotatable bonds is 7. The van der Waals surface area contributed by atoms with Crippen LogP contribution in [0, 0.1) is 0 Å². The predicted molar refractivity (Wildman–Crippen MR) is 126 cm³/mol. The zero-order chi connectivity index (χ0) is 22.2. The molecule has 4 rings (SSSR count). The van der Waals surface area contributed by atoms with E-state index in [4.69, 9.17) is 9.47 Å². The van der Waals surface area contributed by atoms with Crippen molar-refractivity contribution in [3.8, 4) is 17.2 Å². The van der Waals surface area contributed by atoms with E-state index in [1.165, 1.54) is 5.56 Å². The second kappa shape index (κ2) is 10.7. The van der Waals surface area contributed by atoms with Gasteiger partial charge < -0.3 is 20.1 Å². The van der Waals surface area contributed by atoms with Crippen LogP contribution >= 0.6 is 0 Å². The van der Waals surface area contributed by atoms with Crippen molar-refractivity contribution >= 4 is 11.7 Å². The first kappa shape index (κ1) is 21.7. The number of benzene rings is 3. The van der Waals surface area contributed by atoms with Gasteiger partial charge in [0.2, 0.25) is 0 Å². The fourth-order valence-electron chi connectivity index (χ4n) is 3.87. The maximum atomic E-state index is 12.4.